The number of esters is 1. The van der Waals surface area contributed by atoms with Crippen molar-refractivity contribution in [2.45, 2.75) is 46.5 Å². The van der Waals surface area contributed by atoms with Gasteiger partial charge in [0.15, 0.2) is 5.78 Å². The number of benzene rings is 1. The van der Waals surface area contributed by atoms with Crippen molar-refractivity contribution in [1.82, 2.24) is 5.32 Å². The second-order valence-corrected chi connectivity index (χ2v) is 8.30. The molecule has 1 atom stereocenters. The molecule has 1 unspecified atom stereocenters. The number of ether oxygens (including phenoxy) is 3. The molecule has 6 nitrogen and oxygen atoms in total. The fourth-order valence-electron chi connectivity index (χ4n) is 4.24. The standard InChI is InChI=1S/C23H29NO5/c1-7-29-22(26)19-13(2)24-17-11-23(3,4)12-18(25)21(17)20(19)14-8-15(27-5)10-16(9-14)28-6/h8-10,20,24H,7,11-12H2,1-6H3. The van der Waals surface area contributed by atoms with E-state index in [0.29, 0.717) is 34.8 Å². The molecule has 1 aliphatic carbocycles. The second-order valence-electron chi connectivity index (χ2n) is 8.30. The molecule has 0 spiro atoms. The van der Waals surface area contributed by atoms with Gasteiger partial charge in [0, 0.05) is 35.4 Å². The lowest BCUT2D eigenvalue weighted by molar-refractivity contribution is -0.138. The Kier molecular flexibility index (Phi) is 5.73. The summed E-state index contributed by atoms with van der Waals surface area (Å²) in [6, 6.07) is 5.47. The summed E-state index contributed by atoms with van der Waals surface area (Å²) >= 11 is 0. The average molecular weight is 399 g/mol. The van der Waals surface area contributed by atoms with Crippen LogP contribution in [0.4, 0.5) is 0 Å². The van der Waals surface area contributed by atoms with Crippen molar-refractivity contribution in [2.24, 2.45) is 5.41 Å². The highest BCUT2D eigenvalue weighted by atomic mass is 16.5. The topological polar surface area (TPSA) is 73.9 Å². The number of ketones is 1. The summed E-state index contributed by atoms with van der Waals surface area (Å²) in [6.45, 7) is 8.05. The molecule has 0 fully saturated rings. The lowest BCUT2D eigenvalue weighted by Crippen LogP contribution is -2.38. The average Bonchev–Trinajstić information content (AvgIpc) is 2.65. The van der Waals surface area contributed by atoms with Crippen LogP contribution in [0.15, 0.2) is 40.7 Å². The zero-order valence-electron chi connectivity index (χ0n) is 18.0. The Morgan fingerprint density at radius 1 is 1.14 bits per heavy atom. The molecule has 0 bridgehead atoms. The summed E-state index contributed by atoms with van der Waals surface area (Å²) < 4.78 is 16.2. The molecule has 0 saturated carbocycles. The van der Waals surface area contributed by atoms with Gasteiger partial charge in [0.2, 0.25) is 0 Å². The monoisotopic (exact) mass is 399 g/mol. The predicted molar refractivity (Wildman–Crippen MR) is 110 cm³/mol. The Morgan fingerprint density at radius 2 is 1.76 bits per heavy atom. The first-order chi connectivity index (χ1) is 13.7. The number of Topliss-reactive ketones (excluding diaryl/α,β-unsaturated/α-hetero) is 1. The lowest BCUT2D eigenvalue weighted by Gasteiger charge is -2.39. The fourth-order valence-corrected chi connectivity index (χ4v) is 4.24. The molecular weight excluding hydrogens is 370 g/mol. The molecule has 6 heteroatoms. The van der Waals surface area contributed by atoms with Crippen molar-refractivity contribution >= 4 is 11.8 Å². The van der Waals surface area contributed by atoms with Crippen molar-refractivity contribution in [1.29, 1.82) is 0 Å². The third kappa shape index (κ3) is 4.02. The van der Waals surface area contributed by atoms with Gasteiger partial charge in [-0.2, -0.15) is 0 Å². The van der Waals surface area contributed by atoms with Gasteiger partial charge in [-0.1, -0.05) is 13.8 Å². The predicted octanol–water partition coefficient (Wildman–Crippen LogP) is 3.87. The van der Waals surface area contributed by atoms with E-state index in [9.17, 15) is 9.59 Å². The number of hydrogen-bond acceptors (Lipinski definition) is 6. The van der Waals surface area contributed by atoms with Crippen LogP contribution in [-0.2, 0) is 14.3 Å². The molecule has 1 aliphatic heterocycles. The molecule has 1 aromatic rings. The summed E-state index contributed by atoms with van der Waals surface area (Å²) in [6.07, 6.45) is 1.17. The van der Waals surface area contributed by atoms with Crippen LogP contribution in [0, 0.1) is 5.41 Å². The molecule has 0 radical (unpaired) electrons. The Bertz CT molecular complexity index is 888. The van der Waals surface area contributed by atoms with E-state index in [4.69, 9.17) is 14.2 Å². The van der Waals surface area contributed by atoms with Crippen LogP contribution in [0.2, 0.25) is 0 Å². The van der Waals surface area contributed by atoms with Gasteiger partial charge >= 0.3 is 5.97 Å². The normalized spacial score (nSPS) is 20.8. The summed E-state index contributed by atoms with van der Waals surface area (Å²) in [7, 11) is 3.15. The minimum Gasteiger partial charge on any atom is -0.497 e. The third-order valence-corrected chi connectivity index (χ3v) is 5.44. The van der Waals surface area contributed by atoms with Gasteiger partial charge < -0.3 is 19.5 Å². The number of allylic oxidation sites excluding steroid dienone is 3. The number of rotatable bonds is 5. The van der Waals surface area contributed by atoms with Crippen LogP contribution in [0.1, 0.15) is 52.0 Å². The number of methoxy groups -OCH3 is 2. The van der Waals surface area contributed by atoms with Crippen molar-refractivity contribution < 1.29 is 23.8 Å². The lowest BCUT2D eigenvalue weighted by atomic mass is 9.68. The van der Waals surface area contributed by atoms with Crippen molar-refractivity contribution in [3.63, 3.8) is 0 Å². The molecule has 156 valence electrons. The molecule has 0 amide bonds. The Balaban J connectivity index is 2.23. The maximum absolute atomic E-state index is 13.2. The number of hydrogen-bond donors (Lipinski definition) is 1. The van der Waals surface area contributed by atoms with Gasteiger partial charge in [-0.15, -0.1) is 0 Å². The van der Waals surface area contributed by atoms with Crippen LogP contribution in [0.5, 0.6) is 11.5 Å². The third-order valence-electron chi connectivity index (χ3n) is 5.44. The van der Waals surface area contributed by atoms with E-state index >= 15 is 0 Å². The van der Waals surface area contributed by atoms with Crippen molar-refractivity contribution in [2.75, 3.05) is 20.8 Å². The molecular formula is C23H29NO5. The van der Waals surface area contributed by atoms with Crippen LogP contribution < -0.4 is 14.8 Å². The maximum Gasteiger partial charge on any atom is 0.336 e. The van der Waals surface area contributed by atoms with Crippen molar-refractivity contribution in [3.05, 3.63) is 46.3 Å². The Hall–Kier alpha value is -2.76. The fraction of sp³-hybridized carbons (Fsp3) is 0.478. The number of carbonyl (C=O) groups excluding carboxylic acids is 2. The number of nitrogens with one attached hydrogen (secondary N) is 1. The largest absolute Gasteiger partial charge is 0.497 e. The van der Waals surface area contributed by atoms with Crippen LogP contribution >= 0.6 is 0 Å². The van der Waals surface area contributed by atoms with Crippen LogP contribution in [0.3, 0.4) is 0 Å². The SMILES string of the molecule is CCOC(=O)C1=C(C)NC2=C(C(=O)CC(C)(C)C2)C1c1cc(OC)cc(OC)c1. The first-order valence-electron chi connectivity index (χ1n) is 9.85. The zero-order chi connectivity index (χ0) is 21.3. The van der Waals surface area contributed by atoms with E-state index in [1.165, 1.54) is 0 Å². The van der Waals surface area contributed by atoms with Gasteiger partial charge in [0.25, 0.3) is 0 Å². The minimum atomic E-state index is -0.530. The van der Waals surface area contributed by atoms with Gasteiger partial charge in [-0.05, 0) is 43.4 Å². The Labute approximate surface area is 171 Å². The van der Waals surface area contributed by atoms with E-state index in [-0.39, 0.29) is 17.8 Å². The summed E-state index contributed by atoms with van der Waals surface area (Å²) in [5, 5.41) is 3.33. The summed E-state index contributed by atoms with van der Waals surface area (Å²) in [5.41, 5.74) is 3.30. The molecule has 1 N–H and O–H groups in total. The molecule has 2 aliphatic rings. The first kappa shape index (κ1) is 21.0. The van der Waals surface area contributed by atoms with E-state index < -0.39 is 11.9 Å². The van der Waals surface area contributed by atoms with E-state index in [2.05, 4.69) is 19.2 Å². The second kappa shape index (κ2) is 7.93. The summed E-state index contributed by atoms with van der Waals surface area (Å²) in [5.74, 6) is 0.296. The molecule has 29 heavy (non-hydrogen) atoms. The van der Waals surface area contributed by atoms with Crippen LogP contribution in [0.25, 0.3) is 0 Å². The number of carbonyl (C=O) groups is 2. The molecule has 1 aromatic carbocycles. The van der Waals surface area contributed by atoms with Crippen molar-refractivity contribution in [3.8, 4) is 11.5 Å². The first-order valence-corrected chi connectivity index (χ1v) is 9.85. The maximum atomic E-state index is 13.2. The number of dihydropyridines is 1. The zero-order valence-corrected chi connectivity index (χ0v) is 18.0. The van der Waals surface area contributed by atoms with Gasteiger partial charge in [-0.25, -0.2) is 4.79 Å². The molecule has 0 aromatic heterocycles. The minimum absolute atomic E-state index is 0.0461. The van der Waals surface area contributed by atoms with Gasteiger partial charge in [0.05, 0.1) is 26.4 Å². The highest BCUT2D eigenvalue weighted by Gasteiger charge is 2.43. The molecule has 0 saturated heterocycles. The highest BCUT2D eigenvalue weighted by Crippen LogP contribution is 2.47. The highest BCUT2D eigenvalue weighted by molar-refractivity contribution is 6.04. The van der Waals surface area contributed by atoms with Crippen LogP contribution in [-0.4, -0.2) is 32.6 Å². The quantitative estimate of drug-likeness (QED) is 0.758. The van der Waals surface area contributed by atoms with Gasteiger partial charge in [-0.3, -0.25) is 4.79 Å². The Morgan fingerprint density at radius 3 is 2.31 bits per heavy atom. The smallest absolute Gasteiger partial charge is 0.336 e. The van der Waals surface area contributed by atoms with E-state index in [1.807, 2.05) is 19.1 Å². The molecule has 3 rings (SSSR count). The van der Waals surface area contributed by atoms with Gasteiger partial charge in [0.1, 0.15) is 11.5 Å². The summed E-state index contributed by atoms with van der Waals surface area (Å²) in [4.78, 5) is 26.1. The molecule has 1 heterocycles. The van der Waals surface area contributed by atoms with E-state index in [1.54, 1.807) is 27.2 Å². The van der Waals surface area contributed by atoms with E-state index in [0.717, 1.165) is 17.7 Å².